The molecule has 0 aromatic carbocycles. The van der Waals surface area contributed by atoms with Crippen molar-refractivity contribution in [2.45, 2.75) is 46.2 Å². The SMILES string of the molecule is CC(C)C(NC(=O)CN)C(=O)O.CC(C)CC(N)C(=O)O. The van der Waals surface area contributed by atoms with Crippen molar-refractivity contribution in [1.29, 1.82) is 0 Å². The van der Waals surface area contributed by atoms with Crippen LogP contribution < -0.4 is 16.8 Å². The van der Waals surface area contributed by atoms with Gasteiger partial charge in [0.05, 0.1) is 6.54 Å². The third-order valence-corrected chi connectivity index (χ3v) is 2.48. The molecule has 0 aromatic heterocycles. The molecule has 2 atom stereocenters. The summed E-state index contributed by atoms with van der Waals surface area (Å²) in [5.74, 6) is -2.18. The van der Waals surface area contributed by atoms with Gasteiger partial charge in [0.25, 0.3) is 0 Å². The minimum atomic E-state index is -1.04. The van der Waals surface area contributed by atoms with Crippen LogP contribution in [-0.2, 0) is 14.4 Å². The Morgan fingerprint density at radius 2 is 1.52 bits per heavy atom. The molecule has 0 saturated carbocycles. The van der Waals surface area contributed by atoms with Gasteiger partial charge in [-0.15, -0.1) is 0 Å². The predicted molar refractivity (Wildman–Crippen MR) is 78.5 cm³/mol. The van der Waals surface area contributed by atoms with Crippen LogP contribution in [0.4, 0.5) is 0 Å². The average Bonchev–Trinajstić information content (AvgIpc) is 2.34. The number of rotatable bonds is 7. The van der Waals surface area contributed by atoms with Crippen molar-refractivity contribution < 1.29 is 24.6 Å². The number of amides is 1. The van der Waals surface area contributed by atoms with Gasteiger partial charge in [-0.25, -0.2) is 4.79 Å². The Kier molecular flexibility index (Phi) is 11.4. The summed E-state index contributed by atoms with van der Waals surface area (Å²) in [5, 5.41) is 19.2. The summed E-state index contributed by atoms with van der Waals surface area (Å²) in [6.45, 7) is 7.15. The van der Waals surface area contributed by atoms with E-state index in [2.05, 4.69) is 5.32 Å². The molecule has 0 aromatic rings. The lowest BCUT2D eigenvalue weighted by Crippen LogP contribution is -2.46. The lowest BCUT2D eigenvalue weighted by molar-refractivity contribution is -0.143. The smallest absolute Gasteiger partial charge is 0.326 e. The molecular formula is C13H27N3O5. The van der Waals surface area contributed by atoms with Gasteiger partial charge in [0, 0.05) is 0 Å². The number of hydrogen-bond donors (Lipinski definition) is 5. The first-order valence-corrected chi connectivity index (χ1v) is 6.73. The fraction of sp³-hybridized carbons (Fsp3) is 0.769. The van der Waals surface area contributed by atoms with E-state index in [4.69, 9.17) is 21.7 Å². The van der Waals surface area contributed by atoms with E-state index in [0.29, 0.717) is 12.3 Å². The minimum absolute atomic E-state index is 0.141. The first-order valence-electron chi connectivity index (χ1n) is 6.73. The highest BCUT2D eigenvalue weighted by atomic mass is 16.4. The van der Waals surface area contributed by atoms with Gasteiger partial charge in [-0.2, -0.15) is 0 Å². The number of nitrogens with two attached hydrogens (primary N) is 2. The zero-order chi connectivity index (χ0) is 17.2. The van der Waals surface area contributed by atoms with Crippen LogP contribution in [-0.4, -0.2) is 46.7 Å². The van der Waals surface area contributed by atoms with Crippen molar-refractivity contribution in [1.82, 2.24) is 5.32 Å². The molecule has 0 fully saturated rings. The third kappa shape index (κ3) is 11.8. The molecule has 0 spiro atoms. The van der Waals surface area contributed by atoms with E-state index >= 15 is 0 Å². The monoisotopic (exact) mass is 305 g/mol. The Morgan fingerprint density at radius 3 is 1.71 bits per heavy atom. The van der Waals surface area contributed by atoms with E-state index < -0.39 is 29.9 Å². The van der Waals surface area contributed by atoms with Gasteiger partial charge < -0.3 is 27.0 Å². The Hall–Kier alpha value is -1.67. The van der Waals surface area contributed by atoms with Crippen LogP contribution in [0.3, 0.4) is 0 Å². The molecule has 0 rings (SSSR count). The molecule has 8 nitrogen and oxygen atoms in total. The first kappa shape index (κ1) is 21.6. The molecule has 0 aliphatic heterocycles. The molecule has 7 N–H and O–H groups in total. The summed E-state index contributed by atoms with van der Waals surface area (Å²) in [7, 11) is 0. The number of nitrogens with one attached hydrogen (secondary N) is 1. The highest BCUT2D eigenvalue weighted by Gasteiger charge is 2.22. The fourth-order valence-electron chi connectivity index (χ4n) is 1.35. The van der Waals surface area contributed by atoms with Crippen molar-refractivity contribution in [3.05, 3.63) is 0 Å². The Labute approximate surface area is 124 Å². The molecule has 0 heterocycles. The highest BCUT2D eigenvalue weighted by Crippen LogP contribution is 2.02. The number of carboxylic acids is 2. The summed E-state index contributed by atoms with van der Waals surface area (Å²) in [6.07, 6.45) is 0.551. The predicted octanol–water partition coefficient (Wildman–Crippen LogP) is -0.385. The van der Waals surface area contributed by atoms with E-state index in [9.17, 15) is 14.4 Å². The van der Waals surface area contributed by atoms with Crippen molar-refractivity contribution in [2.24, 2.45) is 23.3 Å². The minimum Gasteiger partial charge on any atom is -0.480 e. The topological polar surface area (TPSA) is 156 Å². The average molecular weight is 305 g/mol. The summed E-state index contributed by atoms with van der Waals surface area (Å²) in [5.41, 5.74) is 10.2. The number of hydrogen-bond acceptors (Lipinski definition) is 5. The summed E-state index contributed by atoms with van der Waals surface area (Å²) in [4.78, 5) is 31.4. The summed E-state index contributed by atoms with van der Waals surface area (Å²) >= 11 is 0. The van der Waals surface area contributed by atoms with Gasteiger partial charge >= 0.3 is 11.9 Å². The van der Waals surface area contributed by atoms with E-state index in [1.165, 1.54) is 0 Å². The fourth-order valence-corrected chi connectivity index (χ4v) is 1.35. The lowest BCUT2D eigenvalue weighted by Gasteiger charge is -2.16. The lowest BCUT2D eigenvalue weighted by atomic mass is 10.1. The molecule has 2 unspecified atom stereocenters. The molecule has 0 bridgehead atoms. The Bertz CT molecular complexity index is 345. The molecule has 124 valence electrons. The van der Waals surface area contributed by atoms with Crippen LogP contribution in [0.5, 0.6) is 0 Å². The second kappa shape index (κ2) is 11.0. The molecule has 0 radical (unpaired) electrons. The first-order chi connectivity index (χ1) is 9.52. The standard InChI is InChI=1S/C7H14N2O3.C6H13NO2/c1-4(2)6(7(11)12)9-5(10)3-8;1-4(2)3-5(7)6(8)9/h4,6H,3,8H2,1-2H3,(H,9,10)(H,11,12);4-5H,3,7H2,1-2H3,(H,8,9). The van der Waals surface area contributed by atoms with Crippen molar-refractivity contribution in [3.8, 4) is 0 Å². The van der Waals surface area contributed by atoms with Crippen LogP contribution in [0.1, 0.15) is 34.1 Å². The van der Waals surface area contributed by atoms with Crippen LogP contribution in [0.15, 0.2) is 0 Å². The number of carbonyl (C=O) groups excluding carboxylic acids is 1. The third-order valence-electron chi connectivity index (χ3n) is 2.48. The molecule has 0 aliphatic carbocycles. The number of carboxylic acid groups (broad SMARTS) is 2. The van der Waals surface area contributed by atoms with Gasteiger partial charge in [0.2, 0.25) is 5.91 Å². The van der Waals surface area contributed by atoms with Crippen LogP contribution in [0, 0.1) is 11.8 Å². The van der Waals surface area contributed by atoms with Gasteiger partial charge in [-0.3, -0.25) is 9.59 Å². The Morgan fingerprint density at radius 1 is 1.05 bits per heavy atom. The second-order valence-electron chi connectivity index (χ2n) is 5.41. The van der Waals surface area contributed by atoms with Gasteiger partial charge in [0.1, 0.15) is 12.1 Å². The summed E-state index contributed by atoms with van der Waals surface area (Å²) in [6, 6.07) is -1.54. The molecule has 1 amide bonds. The van der Waals surface area contributed by atoms with Gasteiger partial charge in [-0.1, -0.05) is 27.7 Å². The van der Waals surface area contributed by atoms with E-state index in [1.54, 1.807) is 13.8 Å². The van der Waals surface area contributed by atoms with Crippen molar-refractivity contribution in [2.75, 3.05) is 6.54 Å². The highest BCUT2D eigenvalue weighted by molar-refractivity contribution is 5.84. The number of carbonyl (C=O) groups is 3. The second-order valence-corrected chi connectivity index (χ2v) is 5.41. The molecule has 8 heteroatoms. The maximum atomic E-state index is 10.7. The maximum absolute atomic E-state index is 10.7. The normalized spacial score (nSPS) is 13.1. The molecule has 0 saturated heterocycles. The zero-order valence-electron chi connectivity index (χ0n) is 13.0. The molecule has 21 heavy (non-hydrogen) atoms. The van der Waals surface area contributed by atoms with Crippen LogP contribution in [0.25, 0.3) is 0 Å². The van der Waals surface area contributed by atoms with Gasteiger partial charge in [0.15, 0.2) is 0 Å². The maximum Gasteiger partial charge on any atom is 0.326 e. The largest absolute Gasteiger partial charge is 0.480 e. The molecular weight excluding hydrogens is 278 g/mol. The molecule has 0 aliphatic rings. The van der Waals surface area contributed by atoms with Gasteiger partial charge in [-0.05, 0) is 18.3 Å². The quantitative estimate of drug-likeness (QED) is 0.429. The van der Waals surface area contributed by atoms with E-state index in [0.717, 1.165) is 0 Å². The van der Waals surface area contributed by atoms with Crippen LogP contribution >= 0.6 is 0 Å². The van der Waals surface area contributed by atoms with E-state index in [-0.39, 0.29) is 12.5 Å². The van der Waals surface area contributed by atoms with Crippen molar-refractivity contribution in [3.63, 3.8) is 0 Å². The zero-order valence-corrected chi connectivity index (χ0v) is 13.0. The van der Waals surface area contributed by atoms with Crippen molar-refractivity contribution >= 4 is 17.8 Å². The van der Waals surface area contributed by atoms with Crippen LogP contribution in [0.2, 0.25) is 0 Å². The summed E-state index contributed by atoms with van der Waals surface area (Å²) < 4.78 is 0. The van der Waals surface area contributed by atoms with E-state index in [1.807, 2.05) is 13.8 Å². The Balaban J connectivity index is 0. The number of aliphatic carboxylic acids is 2.